The molecule has 570 valence electrons. The van der Waals surface area contributed by atoms with E-state index in [0.717, 1.165) is 4.90 Å². The van der Waals surface area contributed by atoms with Gasteiger partial charge in [-0.1, -0.05) is 148 Å². The number of nitrogens with one attached hydrogen (secondary N) is 4. The predicted octanol–water partition coefficient (Wildman–Crippen LogP) is 6.28. The Morgan fingerprint density at radius 1 is 0.515 bits per heavy atom. The number of ether oxygens (including phenoxy) is 1. The fourth-order valence-corrected chi connectivity index (χ4v) is 12.6. The van der Waals surface area contributed by atoms with Crippen molar-refractivity contribution in [3.05, 3.63) is 102 Å². The Morgan fingerprint density at radius 3 is 1.50 bits per heavy atom. The van der Waals surface area contributed by atoms with Crippen molar-refractivity contribution in [2.45, 2.75) is 221 Å². The summed E-state index contributed by atoms with van der Waals surface area (Å²) >= 11 is 0. The quantitative estimate of drug-likeness (QED) is 0.0930. The molecule has 1 heterocycles. The van der Waals surface area contributed by atoms with Gasteiger partial charge in [-0.15, -0.1) is 0 Å². The first-order valence-electron chi connectivity index (χ1n) is 36.2. The van der Waals surface area contributed by atoms with Crippen LogP contribution >= 0.6 is 0 Å². The fourth-order valence-electron chi connectivity index (χ4n) is 12.6. The molecule has 25 heteroatoms. The minimum absolute atomic E-state index is 0.0240. The summed E-state index contributed by atoms with van der Waals surface area (Å²) in [6.45, 7) is 24.7. The zero-order chi connectivity index (χ0) is 77.7. The second-order valence-electron chi connectivity index (χ2n) is 30.5. The first-order chi connectivity index (χ1) is 48.1. The predicted molar refractivity (Wildman–Crippen MR) is 395 cm³/mol. The summed E-state index contributed by atoms with van der Waals surface area (Å²) in [5, 5.41) is 21.9. The van der Waals surface area contributed by atoms with Crippen molar-refractivity contribution in [1.82, 2.24) is 55.6 Å². The first-order valence-corrected chi connectivity index (χ1v) is 36.2. The van der Waals surface area contributed by atoms with Crippen molar-refractivity contribution in [2.24, 2.45) is 29.6 Å². The second kappa shape index (κ2) is 39.8. The van der Waals surface area contributed by atoms with Crippen molar-refractivity contribution < 1.29 is 67.4 Å². The van der Waals surface area contributed by atoms with Crippen LogP contribution in [0.2, 0.25) is 0 Å². The second-order valence-corrected chi connectivity index (χ2v) is 30.5. The summed E-state index contributed by atoms with van der Waals surface area (Å²) in [4.78, 5) is 188. The van der Waals surface area contributed by atoms with E-state index in [1.54, 1.807) is 114 Å². The Kier molecular flexibility index (Phi) is 33.5. The summed E-state index contributed by atoms with van der Waals surface area (Å²) < 4.78 is 6.25. The van der Waals surface area contributed by atoms with Gasteiger partial charge in [0.05, 0.1) is 18.6 Å². The molecule has 1 aliphatic rings. The molecule has 4 rings (SSSR count). The van der Waals surface area contributed by atoms with Gasteiger partial charge in [-0.25, -0.2) is 0 Å². The third-order valence-electron chi connectivity index (χ3n) is 19.3. The fraction of sp³-hybridized carbons (Fsp3) is 0.615. The van der Waals surface area contributed by atoms with E-state index in [4.69, 9.17) is 4.74 Å². The number of carbonyl (C=O) groups excluding carboxylic acids is 12. The van der Waals surface area contributed by atoms with E-state index in [2.05, 4.69) is 21.3 Å². The highest BCUT2D eigenvalue weighted by Gasteiger charge is 2.44. The SMILES string of the molecule is CC[C@H](C)[C@@H]1NC(=O)[C@H](C(C)C)N(C)C(=O)CCCN(C)C(=O)C[C@@H](C(=O)c2ccccc2)NC(=O)[C@H](CC(C)C)N(C)C(=O)[C@H](C)N(C)C(=O)[C@H](Cc2ccc(O)cc2)NC(=O)[C@H](CC(C)C)N(C)C(=O)[C@H](COC(C)(C)C)NC(=O)[C@H](Cc2ccccc2)N(C)C(=O)[C@H](CC(C)C)N(C)C1=O. The lowest BCUT2D eigenvalue weighted by molar-refractivity contribution is -0.151. The zero-order valence-corrected chi connectivity index (χ0v) is 64.9. The van der Waals surface area contributed by atoms with Crippen molar-refractivity contribution in [1.29, 1.82) is 0 Å². The maximum Gasteiger partial charge on any atom is 0.247 e. The van der Waals surface area contributed by atoms with E-state index in [1.165, 1.54) is 97.8 Å². The van der Waals surface area contributed by atoms with E-state index in [0.29, 0.717) is 17.5 Å². The van der Waals surface area contributed by atoms with E-state index >= 15 is 28.8 Å². The van der Waals surface area contributed by atoms with Gasteiger partial charge in [0.1, 0.15) is 66.2 Å². The number of carbonyl (C=O) groups is 12. The highest BCUT2D eigenvalue weighted by atomic mass is 16.5. The number of nitrogens with zero attached hydrogens (tertiary/aromatic N) is 7. The molecule has 0 aliphatic carbocycles. The Bertz CT molecular complexity index is 3360. The molecule has 0 bridgehead atoms. The molecule has 1 aliphatic heterocycles. The van der Waals surface area contributed by atoms with Crippen LogP contribution in [0.3, 0.4) is 0 Å². The van der Waals surface area contributed by atoms with E-state index in [1.807, 2.05) is 48.5 Å². The zero-order valence-electron chi connectivity index (χ0n) is 64.9. The van der Waals surface area contributed by atoms with Crippen LogP contribution in [0.5, 0.6) is 5.75 Å². The molecule has 0 spiro atoms. The lowest BCUT2D eigenvalue weighted by atomic mass is 9.94. The van der Waals surface area contributed by atoms with Crippen molar-refractivity contribution in [2.75, 3.05) is 62.5 Å². The Morgan fingerprint density at radius 2 is 0.981 bits per heavy atom. The molecule has 11 amide bonds. The van der Waals surface area contributed by atoms with E-state index in [-0.39, 0.29) is 80.6 Å². The molecular formula is C78H119N11O14. The highest BCUT2D eigenvalue weighted by Crippen LogP contribution is 2.25. The number of ketones is 1. The highest BCUT2D eigenvalue weighted by molar-refractivity contribution is 6.05. The number of likely N-dealkylation sites (N-methyl/N-ethyl adjacent to an activating group) is 6. The van der Waals surface area contributed by atoms with Gasteiger partial charge in [0.2, 0.25) is 65.0 Å². The van der Waals surface area contributed by atoms with Gasteiger partial charge in [-0.05, 0) is 106 Å². The Balaban J connectivity index is 1.97. The molecule has 5 N–H and O–H groups in total. The topological polar surface area (TPSA) is 305 Å². The van der Waals surface area contributed by atoms with Crippen LogP contribution in [0.15, 0.2) is 84.9 Å². The summed E-state index contributed by atoms with van der Waals surface area (Å²) in [5.41, 5.74) is 0.478. The summed E-state index contributed by atoms with van der Waals surface area (Å²) in [5.74, 6) is -9.60. The Hall–Kier alpha value is -8.74. The number of Topliss-reactive ketones (excluding diaryl/α,β-unsaturated/α-hetero) is 1. The average molecular weight is 1430 g/mol. The van der Waals surface area contributed by atoms with Crippen LogP contribution in [0.1, 0.15) is 163 Å². The lowest BCUT2D eigenvalue weighted by Crippen LogP contribution is -2.62. The number of hydrogen-bond acceptors (Lipinski definition) is 14. The number of rotatable bonds is 17. The smallest absolute Gasteiger partial charge is 0.247 e. The maximum atomic E-state index is 15.5. The molecule has 0 aromatic heterocycles. The molecule has 0 saturated carbocycles. The molecule has 3 aromatic carbocycles. The van der Waals surface area contributed by atoms with Crippen LogP contribution in [-0.2, 0) is 70.3 Å². The molecule has 0 unspecified atom stereocenters. The van der Waals surface area contributed by atoms with E-state index < -0.39 is 162 Å². The number of amides is 11. The standard InChI is InChI=1S/C78H119N11O14/c1-22-51(10)66-77(102)88(20)63(42-49(6)7)76(101)87(19)62(44-53-30-25-23-26-31-53)71(96)81-59(46-103-78(12,13)14)75(100)86(18)61(41-48(4)5)70(95)80-58(43-54-35-37-56(90)38-36-54)74(99)84(16)52(11)73(98)85(17)60(40-47(2)3)69(94)79-57(68(93)55-32-27-24-28-33-55)45-65(92)83(15)39-29-34-64(91)89(21)67(50(8)9)72(97)82-66/h23-28,30-33,35-38,47-52,57-63,66-67,90H,22,29,34,39-46H2,1-21H3,(H,79,94)(H,80,95)(H,81,96)(H,82,97)/t51-,52-,57-,58-,59-,60-,61-,62-,63-,66-,67-/m0/s1. The summed E-state index contributed by atoms with van der Waals surface area (Å²) in [7, 11) is 10.1. The number of aromatic hydroxyl groups is 1. The molecule has 11 atom stereocenters. The van der Waals surface area contributed by atoms with Gasteiger partial charge < -0.3 is 65.4 Å². The van der Waals surface area contributed by atoms with Crippen molar-refractivity contribution in [3.8, 4) is 5.75 Å². The van der Waals surface area contributed by atoms with Crippen LogP contribution in [0.4, 0.5) is 0 Å². The third kappa shape index (κ3) is 25.3. The van der Waals surface area contributed by atoms with Gasteiger partial charge in [0.15, 0.2) is 5.78 Å². The summed E-state index contributed by atoms with van der Waals surface area (Å²) in [6, 6.07) is 9.93. The van der Waals surface area contributed by atoms with E-state index in [9.17, 15) is 33.9 Å². The molecule has 0 radical (unpaired) electrons. The number of phenols is 1. The van der Waals surface area contributed by atoms with Gasteiger partial charge in [-0.3, -0.25) is 57.5 Å². The van der Waals surface area contributed by atoms with Gasteiger partial charge in [0, 0.05) is 80.7 Å². The van der Waals surface area contributed by atoms with Crippen LogP contribution in [-0.4, -0.2) is 239 Å². The van der Waals surface area contributed by atoms with Crippen molar-refractivity contribution >= 4 is 70.8 Å². The average Bonchev–Trinajstić information content (AvgIpc) is 0.815. The number of hydrogen-bond donors (Lipinski definition) is 5. The van der Waals surface area contributed by atoms with Crippen molar-refractivity contribution in [3.63, 3.8) is 0 Å². The van der Waals surface area contributed by atoms with Gasteiger partial charge in [-0.2, -0.15) is 0 Å². The molecule has 3 aromatic rings. The molecule has 25 nitrogen and oxygen atoms in total. The van der Waals surface area contributed by atoms with Gasteiger partial charge >= 0.3 is 0 Å². The van der Waals surface area contributed by atoms with Gasteiger partial charge in [0.25, 0.3) is 0 Å². The largest absolute Gasteiger partial charge is 0.508 e. The minimum atomic E-state index is -1.50. The first kappa shape index (κ1) is 86.7. The van der Waals surface area contributed by atoms with Crippen LogP contribution < -0.4 is 21.3 Å². The molecule has 1 saturated heterocycles. The molecule has 103 heavy (non-hydrogen) atoms. The van der Waals surface area contributed by atoms with Crippen LogP contribution in [0, 0.1) is 29.6 Å². The maximum absolute atomic E-state index is 15.5. The number of phenolic OH excluding ortho intramolecular Hbond substituents is 1. The molecule has 1 fully saturated rings. The summed E-state index contributed by atoms with van der Waals surface area (Å²) in [6.07, 6.45) is -0.0827. The Labute approximate surface area is 611 Å². The normalized spacial score (nSPS) is 24.1. The lowest BCUT2D eigenvalue weighted by Gasteiger charge is -2.38. The third-order valence-corrected chi connectivity index (χ3v) is 19.3. The van der Waals surface area contributed by atoms with Crippen LogP contribution in [0.25, 0.3) is 0 Å². The monoisotopic (exact) mass is 1430 g/mol. The minimum Gasteiger partial charge on any atom is -0.508 e. The number of benzene rings is 3. The molecular weight excluding hydrogens is 1310 g/mol.